The highest BCUT2D eigenvalue weighted by Crippen LogP contribution is 2.09. The van der Waals surface area contributed by atoms with Crippen LogP contribution in [-0.2, 0) is 4.74 Å². The van der Waals surface area contributed by atoms with Crippen molar-refractivity contribution in [3.05, 3.63) is 24.2 Å². The summed E-state index contributed by atoms with van der Waals surface area (Å²) in [6.45, 7) is 7.11. The Morgan fingerprint density at radius 3 is 2.61 bits per heavy atom. The molecule has 0 saturated carbocycles. The van der Waals surface area contributed by atoms with E-state index in [1.54, 1.807) is 33.8 Å². The number of hydrogen-bond acceptors (Lipinski definition) is 4. The maximum absolute atomic E-state index is 11.7. The van der Waals surface area contributed by atoms with Crippen molar-refractivity contribution in [2.45, 2.75) is 45.8 Å². The minimum absolute atomic E-state index is 0.0766. The molecule has 1 aromatic rings. The molecular weight excluding hydrogens is 234 g/mol. The van der Waals surface area contributed by atoms with Crippen LogP contribution in [0.5, 0.6) is 0 Å². The molecule has 5 heteroatoms. The molecule has 0 aliphatic carbocycles. The SMILES string of the molecule is C[C@H](CC(=O)c1ccoc1)NC(=O)OC(C)(C)C. The first-order chi connectivity index (χ1) is 8.28. The molecule has 0 unspecified atom stereocenters. The maximum Gasteiger partial charge on any atom is 0.407 e. The zero-order valence-corrected chi connectivity index (χ0v) is 11.1. The maximum atomic E-state index is 11.7. The van der Waals surface area contributed by atoms with E-state index in [1.807, 2.05) is 0 Å². The van der Waals surface area contributed by atoms with Gasteiger partial charge in [0.15, 0.2) is 5.78 Å². The minimum Gasteiger partial charge on any atom is -0.472 e. The quantitative estimate of drug-likeness (QED) is 0.838. The van der Waals surface area contributed by atoms with Gasteiger partial charge < -0.3 is 14.5 Å². The van der Waals surface area contributed by atoms with Gasteiger partial charge in [0.1, 0.15) is 11.9 Å². The van der Waals surface area contributed by atoms with E-state index in [0.717, 1.165) is 0 Å². The van der Waals surface area contributed by atoms with Crippen molar-refractivity contribution in [3.63, 3.8) is 0 Å². The summed E-state index contributed by atoms with van der Waals surface area (Å²) in [6, 6.07) is 1.31. The summed E-state index contributed by atoms with van der Waals surface area (Å²) < 4.78 is 9.93. The highest BCUT2D eigenvalue weighted by molar-refractivity contribution is 5.96. The van der Waals surface area contributed by atoms with Gasteiger partial charge in [-0.15, -0.1) is 0 Å². The van der Waals surface area contributed by atoms with Gasteiger partial charge in [0, 0.05) is 12.5 Å². The van der Waals surface area contributed by atoms with Crippen LogP contribution in [0.2, 0.25) is 0 Å². The smallest absolute Gasteiger partial charge is 0.407 e. The molecule has 0 bridgehead atoms. The predicted molar refractivity (Wildman–Crippen MR) is 66.5 cm³/mol. The molecule has 0 aliphatic rings. The number of carbonyl (C=O) groups excluding carboxylic acids is 2. The van der Waals surface area contributed by atoms with Crippen molar-refractivity contribution in [1.82, 2.24) is 5.32 Å². The van der Waals surface area contributed by atoms with E-state index in [1.165, 1.54) is 12.5 Å². The van der Waals surface area contributed by atoms with Gasteiger partial charge in [0.05, 0.1) is 11.8 Å². The number of carbonyl (C=O) groups is 2. The van der Waals surface area contributed by atoms with Gasteiger partial charge in [-0.2, -0.15) is 0 Å². The lowest BCUT2D eigenvalue weighted by Crippen LogP contribution is -2.38. The number of nitrogens with one attached hydrogen (secondary N) is 1. The summed E-state index contributed by atoms with van der Waals surface area (Å²) in [4.78, 5) is 23.2. The number of alkyl carbamates (subject to hydrolysis) is 1. The van der Waals surface area contributed by atoms with E-state index >= 15 is 0 Å². The molecule has 0 aliphatic heterocycles. The number of furan rings is 1. The van der Waals surface area contributed by atoms with Gasteiger partial charge in [-0.05, 0) is 33.8 Å². The van der Waals surface area contributed by atoms with Gasteiger partial charge in [-0.3, -0.25) is 4.79 Å². The number of hydrogen-bond donors (Lipinski definition) is 1. The molecule has 0 spiro atoms. The number of rotatable bonds is 4. The van der Waals surface area contributed by atoms with Crippen LogP contribution >= 0.6 is 0 Å². The normalized spacial score (nSPS) is 12.9. The molecular formula is C13H19NO4. The topological polar surface area (TPSA) is 68.5 Å². The molecule has 0 fully saturated rings. The first kappa shape index (κ1) is 14.3. The van der Waals surface area contributed by atoms with Crippen molar-refractivity contribution >= 4 is 11.9 Å². The van der Waals surface area contributed by atoms with Crippen LogP contribution in [0.4, 0.5) is 4.79 Å². The summed E-state index contributed by atoms with van der Waals surface area (Å²) in [5, 5.41) is 2.62. The molecule has 0 radical (unpaired) electrons. The average molecular weight is 253 g/mol. The summed E-state index contributed by atoms with van der Waals surface area (Å²) in [7, 11) is 0. The molecule has 1 N–H and O–H groups in total. The molecule has 0 aromatic carbocycles. The Morgan fingerprint density at radius 1 is 1.44 bits per heavy atom. The fourth-order valence-corrected chi connectivity index (χ4v) is 1.38. The van der Waals surface area contributed by atoms with Crippen LogP contribution < -0.4 is 5.32 Å². The second kappa shape index (κ2) is 5.71. The Labute approximate surface area is 106 Å². The van der Waals surface area contributed by atoms with E-state index in [9.17, 15) is 9.59 Å². The van der Waals surface area contributed by atoms with E-state index < -0.39 is 11.7 Å². The monoisotopic (exact) mass is 253 g/mol. The van der Waals surface area contributed by atoms with Crippen LogP contribution in [0.15, 0.2) is 23.0 Å². The summed E-state index contributed by atoms with van der Waals surface area (Å²) in [5.41, 5.74) is -0.0360. The van der Waals surface area contributed by atoms with E-state index in [4.69, 9.17) is 9.15 Å². The third kappa shape index (κ3) is 5.03. The van der Waals surface area contributed by atoms with Crippen LogP contribution in [0.3, 0.4) is 0 Å². The standard InChI is InChI=1S/C13H19NO4/c1-9(14-12(16)18-13(2,3)4)7-11(15)10-5-6-17-8-10/h5-6,8-9H,7H2,1-4H3,(H,14,16)/t9-/m1/s1. The van der Waals surface area contributed by atoms with Gasteiger partial charge in [-0.25, -0.2) is 4.79 Å². The minimum atomic E-state index is -0.543. The Morgan fingerprint density at radius 2 is 2.11 bits per heavy atom. The Kier molecular flexibility index (Phi) is 4.53. The van der Waals surface area contributed by atoms with E-state index in [0.29, 0.717) is 5.56 Å². The van der Waals surface area contributed by atoms with Gasteiger partial charge >= 0.3 is 6.09 Å². The highest BCUT2D eigenvalue weighted by atomic mass is 16.6. The van der Waals surface area contributed by atoms with Crippen molar-refractivity contribution in [3.8, 4) is 0 Å². The largest absolute Gasteiger partial charge is 0.472 e. The highest BCUT2D eigenvalue weighted by Gasteiger charge is 2.19. The number of Topliss-reactive ketones (excluding diaryl/α,β-unsaturated/α-hetero) is 1. The second-order valence-electron chi connectivity index (χ2n) is 5.19. The number of ether oxygens (including phenoxy) is 1. The van der Waals surface area contributed by atoms with Crippen LogP contribution in [0.25, 0.3) is 0 Å². The Hall–Kier alpha value is -1.78. The molecule has 1 atom stereocenters. The molecule has 1 aromatic heterocycles. The van der Waals surface area contributed by atoms with Crippen molar-refractivity contribution in [2.24, 2.45) is 0 Å². The van der Waals surface area contributed by atoms with Crippen molar-refractivity contribution in [1.29, 1.82) is 0 Å². The number of ketones is 1. The number of amides is 1. The lowest BCUT2D eigenvalue weighted by atomic mass is 10.1. The third-order valence-corrected chi connectivity index (χ3v) is 2.10. The summed E-state index contributed by atoms with van der Waals surface area (Å²) >= 11 is 0. The lowest BCUT2D eigenvalue weighted by molar-refractivity contribution is 0.0506. The first-order valence-corrected chi connectivity index (χ1v) is 5.83. The summed E-state index contributed by atoms with van der Waals surface area (Å²) in [5.74, 6) is -0.0766. The lowest BCUT2D eigenvalue weighted by Gasteiger charge is -2.21. The molecule has 1 rings (SSSR count). The zero-order chi connectivity index (χ0) is 13.8. The van der Waals surface area contributed by atoms with Crippen molar-refractivity contribution < 1.29 is 18.7 Å². The van der Waals surface area contributed by atoms with Gasteiger partial charge in [-0.1, -0.05) is 0 Å². The Bertz CT molecular complexity index is 403. The molecule has 1 amide bonds. The van der Waals surface area contributed by atoms with Gasteiger partial charge in [0.2, 0.25) is 0 Å². The predicted octanol–water partition coefficient (Wildman–Crippen LogP) is 2.77. The molecule has 0 saturated heterocycles. The van der Waals surface area contributed by atoms with Crippen LogP contribution in [-0.4, -0.2) is 23.5 Å². The third-order valence-electron chi connectivity index (χ3n) is 2.10. The molecule has 5 nitrogen and oxygen atoms in total. The molecule has 100 valence electrons. The fraction of sp³-hybridized carbons (Fsp3) is 0.538. The average Bonchev–Trinajstić information content (AvgIpc) is 2.65. The summed E-state index contributed by atoms with van der Waals surface area (Å²) in [6.07, 6.45) is 2.52. The molecule has 1 heterocycles. The second-order valence-corrected chi connectivity index (χ2v) is 5.19. The van der Waals surface area contributed by atoms with Crippen molar-refractivity contribution in [2.75, 3.05) is 0 Å². The Balaban J connectivity index is 2.40. The van der Waals surface area contributed by atoms with E-state index in [2.05, 4.69) is 5.32 Å². The van der Waals surface area contributed by atoms with Gasteiger partial charge in [0.25, 0.3) is 0 Å². The van der Waals surface area contributed by atoms with E-state index in [-0.39, 0.29) is 18.2 Å². The zero-order valence-electron chi connectivity index (χ0n) is 11.1. The van der Waals surface area contributed by atoms with Crippen LogP contribution in [0, 0.1) is 0 Å². The molecule has 18 heavy (non-hydrogen) atoms. The first-order valence-electron chi connectivity index (χ1n) is 5.83. The van der Waals surface area contributed by atoms with Crippen LogP contribution in [0.1, 0.15) is 44.5 Å². The fourth-order valence-electron chi connectivity index (χ4n) is 1.38.